The third kappa shape index (κ3) is 2.77. The number of rotatable bonds is 3. The highest BCUT2D eigenvalue weighted by Gasteiger charge is 2.24. The maximum atomic E-state index is 12.5. The van der Waals surface area contributed by atoms with Gasteiger partial charge in [-0.1, -0.05) is 0 Å². The molecule has 3 aromatic heterocycles. The fourth-order valence-electron chi connectivity index (χ4n) is 2.84. The molecule has 26 heavy (non-hydrogen) atoms. The Morgan fingerprint density at radius 2 is 1.96 bits per heavy atom. The molecule has 0 radical (unpaired) electrons. The van der Waals surface area contributed by atoms with Crippen molar-refractivity contribution >= 4 is 44.8 Å². The molecule has 0 amide bonds. The topological polar surface area (TPSA) is 89.2 Å². The molecule has 1 aliphatic rings. The van der Waals surface area contributed by atoms with Gasteiger partial charge in [0.15, 0.2) is 16.3 Å². The number of methoxy groups -OCH3 is 1. The average molecular weight is 393 g/mol. The second-order valence-corrected chi connectivity index (χ2v) is 7.43. The van der Waals surface area contributed by atoms with Crippen LogP contribution in [0.1, 0.15) is 9.67 Å². The van der Waals surface area contributed by atoms with E-state index >= 15 is 0 Å². The van der Waals surface area contributed by atoms with E-state index in [1.54, 1.807) is 10.8 Å². The zero-order chi connectivity index (χ0) is 18.3. The number of nitrogens with zero attached hydrogens (tertiary/aromatic N) is 1. The summed E-state index contributed by atoms with van der Waals surface area (Å²) < 4.78 is 16.5. The van der Waals surface area contributed by atoms with Crippen molar-refractivity contribution in [2.75, 3.05) is 38.3 Å². The molecule has 1 saturated heterocycles. The summed E-state index contributed by atoms with van der Waals surface area (Å²) in [4.78, 5) is 26.3. The van der Waals surface area contributed by atoms with Gasteiger partial charge in [0.2, 0.25) is 5.43 Å². The molecule has 136 valence electrons. The molecule has 0 aromatic carbocycles. The molecule has 1 fully saturated rings. The molecule has 0 atom stereocenters. The van der Waals surface area contributed by atoms with E-state index in [-0.39, 0.29) is 16.1 Å². The summed E-state index contributed by atoms with van der Waals surface area (Å²) in [7, 11) is 1.26. The van der Waals surface area contributed by atoms with Crippen molar-refractivity contribution in [3.63, 3.8) is 0 Å². The van der Waals surface area contributed by atoms with Crippen LogP contribution < -0.4 is 10.3 Å². The third-order valence-electron chi connectivity index (χ3n) is 4.18. The lowest BCUT2D eigenvalue weighted by atomic mass is 10.1. The Hall–Kier alpha value is -2.36. The van der Waals surface area contributed by atoms with Crippen LogP contribution in [0.5, 0.6) is 5.75 Å². The molecule has 4 heterocycles. The van der Waals surface area contributed by atoms with E-state index in [0.717, 1.165) is 11.3 Å². The summed E-state index contributed by atoms with van der Waals surface area (Å²) >= 11 is 2.34. The smallest absolute Gasteiger partial charge is 0.351 e. The third-order valence-corrected chi connectivity index (χ3v) is 6.10. The van der Waals surface area contributed by atoms with E-state index < -0.39 is 5.97 Å². The highest BCUT2D eigenvalue weighted by atomic mass is 32.1. The van der Waals surface area contributed by atoms with Crippen LogP contribution in [0.15, 0.2) is 26.0 Å². The zero-order valence-corrected chi connectivity index (χ0v) is 15.4. The number of thiophene rings is 2. The molecule has 0 aliphatic carbocycles. The monoisotopic (exact) mass is 393 g/mol. The van der Waals surface area contributed by atoms with Crippen molar-refractivity contribution in [2.24, 2.45) is 0 Å². The van der Waals surface area contributed by atoms with Gasteiger partial charge in [-0.05, 0) is 0 Å². The minimum Gasteiger partial charge on any atom is -0.505 e. The summed E-state index contributed by atoms with van der Waals surface area (Å²) in [6, 6.07) is 1.49. The van der Waals surface area contributed by atoms with Crippen LogP contribution in [0.3, 0.4) is 0 Å². The summed E-state index contributed by atoms with van der Waals surface area (Å²) in [6.07, 6.45) is 0. The van der Waals surface area contributed by atoms with Crippen molar-refractivity contribution in [3.05, 3.63) is 31.9 Å². The number of fused-ring (bicyclic) bond motifs is 1. The minimum absolute atomic E-state index is 0.119. The SMILES string of the molecule is COC(=O)c1scc(-c2csc3c(=O)cc(N4CCOCC4)oc23)c1O. The molecule has 0 unspecified atom stereocenters. The lowest BCUT2D eigenvalue weighted by molar-refractivity contribution is 0.0603. The molecular formula is C17H15NO6S2. The molecule has 0 bridgehead atoms. The van der Waals surface area contributed by atoms with E-state index in [0.29, 0.717) is 53.6 Å². The zero-order valence-electron chi connectivity index (χ0n) is 13.8. The van der Waals surface area contributed by atoms with E-state index in [1.807, 2.05) is 4.90 Å². The minimum atomic E-state index is -0.603. The summed E-state index contributed by atoms with van der Waals surface area (Å²) in [5.41, 5.74) is 1.31. The van der Waals surface area contributed by atoms with Gasteiger partial charge < -0.3 is 23.9 Å². The molecule has 0 spiro atoms. The molecule has 1 aliphatic heterocycles. The Balaban J connectivity index is 1.84. The van der Waals surface area contributed by atoms with E-state index in [1.165, 1.54) is 24.5 Å². The largest absolute Gasteiger partial charge is 0.505 e. The van der Waals surface area contributed by atoms with Gasteiger partial charge in [0.05, 0.1) is 20.3 Å². The van der Waals surface area contributed by atoms with E-state index in [9.17, 15) is 14.7 Å². The van der Waals surface area contributed by atoms with E-state index in [2.05, 4.69) is 4.74 Å². The Morgan fingerprint density at radius 3 is 2.69 bits per heavy atom. The first-order valence-corrected chi connectivity index (χ1v) is 9.63. The Bertz CT molecular complexity index is 1030. The first-order chi connectivity index (χ1) is 12.6. The van der Waals surface area contributed by atoms with Gasteiger partial charge in [-0.3, -0.25) is 4.79 Å². The second-order valence-electron chi connectivity index (χ2n) is 5.67. The summed E-state index contributed by atoms with van der Waals surface area (Å²) in [5.74, 6) is -0.289. The first kappa shape index (κ1) is 17.1. The van der Waals surface area contributed by atoms with Gasteiger partial charge in [0, 0.05) is 41.0 Å². The molecule has 9 heteroatoms. The first-order valence-electron chi connectivity index (χ1n) is 7.87. The van der Waals surface area contributed by atoms with Gasteiger partial charge in [0.1, 0.15) is 10.4 Å². The predicted octanol–water partition coefficient (Wildman–Crippen LogP) is 2.91. The maximum Gasteiger partial charge on any atom is 0.351 e. The lowest BCUT2D eigenvalue weighted by Gasteiger charge is -2.27. The number of carbonyl (C=O) groups excluding carboxylic acids is 1. The fraction of sp³-hybridized carbons (Fsp3) is 0.294. The predicted molar refractivity (Wildman–Crippen MR) is 99.7 cm³/mol. The van der Waals surface area contributed by atoms with Crippen LogP contribution in [0.4, 0.5) is 5.88 Å². The van der Waals surface area contributed by atoms with Gasteiger partial charge in [-0.15, -0.1) is 22.7 Å². The maximum absolute atomic E-state index is 12.5. The summed E-state index contributed by atoms with van der Waals surface area (Å²) in [5, 5.41) is 13.8. The number of hydrogen-bond acceptors (Lipinski definition) is 9. The Morgan fingerprint density at radius 1 is 1.23 bits per heavy atom. The molecule has 3 aromatic rings. The Kier molecular flexibility index (Phi) is 4.43. The molecular weight excluding hydrogens is 378 g/mol. The number of hydrogen-bond donors (Lipinski definition) is 1. The number of carbonyl (C=O) groups is 1. The van der Waals surface area contributed by atoms with E-state index in [4.69, 9.17) is 9.15 Å². The van der Waals surface area contributed by atoms with Crippen molar-refractivity contribution in [1.29, 1.82) is 0 Å². The molecule has 0 saturated carbocycles. The average Bonchev–Trinajstić information content (AvgIpc) is 3.25. The number of esters is 1. The van der Waals surface area contributed by atoms with Crippen LogP contribution in [-0.2, 0) is 9.47 Å². The molecule has 4 rings (SSSR count). The highest BCUT2D eigenvalue weighted by Crippen LogP contribution is 2.43. The Labute approximate surface area is 156 Å². The van der Waals surface area contributed by atoms with Crippen LogP contribution in [0.2, 0.25) is 0 Å². The molecule has 7 nitrogen and oxygen atoms in total. The number of morpholine rings is 1. The van der Waals surface area contributed by atoms with Crippen LogP contribution in [-0.4, -0.2) is 44.5 Å². The van der Waals surface area contributed by atoms with Crippen LogP contribution in [0, 0.1) is 0 Å². The number of ether oxygens (including phenoxy) is 2. The van der Waals surface area contributed by atoms with Crippen molar-refractivity contribution in [3.8, 4) is 16.9 Å². The second kappa shape index (κ2) is 6.75. The van der Waals surface area contributed by atoms with Crippen molar-refractivity contribution in [1.82, 2.24) is 0 Å². The van der Waals surface area contributed by atoms with Crippen molar-refractivity contribution in [2.45, 2.75) is 0 Å². The molecule has 1 N–H and O–H groups in total. The number of aromatic hydroxyl groups is 1. The van der Waals surface area contributed by atoms with Gasteiger partial charge >= 0.3 is 5.97 Å². The van der Waals surface area contributed by atoms with Gasteiger partial charge in [0.25, 0.3) is 0 Å². The van der Waals surface area contributed by atoms with Crippen LogP contribution in [0.25, 0.3) is 21.4 Å². The van der Waals surface area contributed by atoms with Crippen LogP contribution >= 0.6 is 22.7 Å². The number of anilines is 1. The lowest BCUT2D eigenvalue weighted by Crippen LogP contribution is -2.36. The summed E-state index contributed by atoms with van der Waals surface area (Å²) in [6.45, 7) is 2.44. The van der Waals surface area contributed by atoms with Gasteiger partial charge in [-0.25, -0.2) is 4.79 Å². The highest BCUT2D eigenvalue weighted by molar-refractivity contribution is 7.17. The standard InChI is InChI=1S/C17H15NO6S2/c1-22-17(21)16-13(20)9(7-26-16)10-8-25-15-11(19)6-12(24-14(10)15)18-2-4-23-5-3-18/h6-8,20H,2-5H2,1H3. The van der Waals surface area contributed by atoms with Crippen molar-refractivity contribution < 1.29 is 23.8 Å². The normalized spacial score (nSPS) is 14.7. The van der Waals surface area contributed by atoms with Gasteiger partial charge in [-0.2, -0.15) is 0 Å². The fourth-order valence-corrected chi connectivity index (χ4v) is 4.61. The quantitative estimate of drug-likeness (QED) is 0.684.